The van der Waals surface area contributed by atoms with Crippen LogP contribution in [0.4, 0.5) is 11.4 Å². The van der Waals surface area contributed by atoms with Crippen LogP contribution in [0.3, 0.4) is 0 Å². The first-order valence-corrected chi connectivity index (χ1v) is 11.9. The molecular weight excluding hydrogens is 454 g/mol. The summed E-state index contributed by atoms with van der Waals surface area (Å²) in [7, 11) is -0.564. The molecule has 0 fully saturated rings. The number of hydrogen-bond acceptors (Lipinski definition) is 8. The van der Waals surface area contributed by atoms with E-state index < -0.39 is 15.9 Å². The van der Waals surface area contributed by atoms with Crippen LogP contribution in [0.1, 0.15) is 0 Å². The van der Waals surface area contributed by atoms with Gasteiger partial charge in [0.25, 0.3) is 15.9 Å². The molecule has 11 heteroatoms. The average Bonchev–Trinajstić information content (AvgIpc) is 3.35. The van der Waals surface area contributed by atoms with Gasteiger partial charge in [-0.2, -0.15) is 0 Å². The fourth-order valence-electron chi connectivity index (χ4n) is 2.59. The number of rotatable bonds is 11. The quantitative estimate of drug-likeness (QED) is 0.423. The fourth-order valence-corrected chi connectivity index (χ4v) is 4.95. The van der Waals surface area contributed by atoms with E-state index in [9.17, 15) is 13.2 Å². The summed E-state index contributed by atoms with van der Waals surface area (Å²) in [6, 6.07) is 13.0. The van der Waals surface area contributed by atoms with E-state index in [-0.39, 0.29) is 16.7 Å². The Labute approximate surface area is 190 Å². The highest BCUT2D eigenvalue weighted by Gasteiger charge is 2.22. The highest BCUT2D eigenvalue weighted by atomic mass is 32.2. The minimum absolute atomic E-state index is 0.241. The number of amides is 1. The van der Waals surface area contributed by atoms with Crippen molar-refractivity contribution in [3.8, 4) is 11.6 Å². The maximum Gasteiger partial charge on any atom is 0.273 e. The average molecular weight is 478 g/mol. The Balaban J connectivity index is 1.56. The third kappa shape index (κ3) is 5.96. The maximum atomic E-state index is 12.6. The first-order chi connectivity index (χ1) is 15.4. The standard InChI is InChI=1S/C21H23N3O6S2/c1-24(32(26,27)20-6-4-14-31-20)16-7-9-17(10-8-16)30-15-19(25)23-18-5-3-11-22-21(18)29-13-12-28-2/h3-11,14H,12-13,15H2,1-2H3,(H,23,25). The number of carbonyl (C=O) groups excluding carboxylic acids is 1. The molecule has 0 atom stereocenters. The summed E-state index contributed by atoms with van der Waals surface area (Å²) in [5.41, 5.74) is 0.899. The molecule has 1 amide bonds. The van der Waals surface area contributed by atoms with Crippen molar-refractivity contribution < 1.29 is 27.4 Å². The van der Waals surface area contributed by atoms with Crippen LogP contribution in [0.2, 0.25) is 0 Å². The zero-order chi connectivity index (χ0) is 23.0. The van der Waals surface area contributed by atoms with Gasteiger partial charge in [-0.05, 0) is 47.8 Å². The zero-order valence-corrected chi connectivity index (χ0v) is 19.2. The van der Waals surface area contributed by atoms with Crippen LogP contribution >= 0.6 is 11.3 Å². The molecule has 0 spiro atoms. The fraction of sp³-hybridized carbons (Fsp3) is 0.238. The molecule has 3 rings (SSSR count). The molecule has 1 aromatic carbocycles. The summed E-state index contributed by atoms with van der Waals surface area (Å²) in [4.78, 5) is 16.4. The third-order valence-corrected chi connectivity index (χ3v) is 7.41. The number of sulfonamides is 1. The molecule has 170 valence electrons. The molecule has 0 saturated heterocycles. The van der Waals surface area contributed by atoms with Crippen LogP contribution in [0.15, 0.2) is 64.3 Å². The van der Waals surface area contributed by atoms with Gasteiger partial charge in [-0.1, -0.05) is 6.07 Å². The van der Waals surface area contributed by atoms with Crippen LogP contribution in [0, 0.1) is 0 Å². The number of pyridine rings is 1. The van der Waals surface area contributed by atoms with E-state index in [4.69, 9.17) is 14.2 Å². The molecule has 0 unspecified atom stereocenters. The summed E-state index contributed by atoms with van der Waals surface area (Å²) in [6.45, 7) is 0.456. The lowest BCUT2D eigenvalue weighted by molar-refractivity contribution is -0.118. The predicted molar refractivity (Wildman–Crippen MR) is 122 cm³/mol. The van der Waals surface area contributed by atoms with E-state index in [1.54, 1.807) is 67.2 Å². The number of benzene rings is 1. The Morgan fingerprint density at radius 3 is 2.56 bits per heavy atom. The molecule has 2 aromatic heterocycles. The number of methoxy groups -OCH3 is 1. The number of thiophene rings is 1. The van der Waals surface area contributed by atoms with Gasteiger partial charge < -0.3 is 19.5 Å². The monoisotopic (exact) mass is 477 g/mol. The molecule has 0 aliphatic heterocycles. The second kappa shape index (κ2) is 10.9. The van der Waals surface area contributed by atoms with Crippen molar-refractivity contribution in [1.82, 2.24) is 4.98 Å². The maximum absolute atomic E-state index is 12.6. The summed E-state index contributed by atoms with van der Waals surface area (Å²) < 4.78 is 42.6. The summed E-state index contributed by atoms with van der Waals surface area (Å²) >= 11 is 1.16. The normalized spacial score (nSPS) is 11.1. The lowest BCUT2D eigenvalue weighted by Gasteiger charge is -2.18. The van der Waals surface area contributed by atoms with Crippen molar-refractivity contribution in [2.45, 2.75) is 4.21 Å². The van der Waals surface area contributed by atoms with Crippen molar-refractivity contribution in [3.05, 3.63) is 60.1 Å². The Hall–Kier alpha value is -3.15. The molecule has 0 aliphatic carbocycles. The van der Waals surface area contributed by atoms with Crippen molar-refractivity contribution in [1.29, 1.82) is 0 Å². The van der Waals surface area contributed by atoms with Crippen LogP contribution < -0.4 is 19.1 Å². The van der Waals surface area contributed by atoms with Crippen LogP contribution in [0.25, 0.3) is 0 Å². The largest absolute Gasteiger partial charge is 0.484 e. The smallest absolute Gasteiger partial charge is 0.273 e. The Bertz CT molecular complexity index is 1120. The molecule has 2 heterocycles. The minimum atomic E-state index is -3.61. The number of nitrogens with zero attached hydrogens (tertiary/aromatic N) is 2. The van der Waals surface area contributed by atoms with Gasteiger partial charge >= 0.3 is 0 Å². The first kappa shape index (κ1) is 23.5. The van der Waals surface area contributed by atoms with Crippen LogP contribution in [-0.4, -0.2) is 53.3 Å². The summed E-state index contributed by atoms with van der Waals surface area (Å²) in [5.74, 6) is 0.321. The van der Waals surface area contributed by atoms with E-state index in [1.807, 2.05) is 0 Å². The predicted octanol–water partition coefficient (Wildman–Crippen LogP) is 3.01. The van der Waals surface area contributed by atoms with Crippen molar-refractivity contribution in [2.24, 2.45) is 0 Å². The lowest BCUT2D eigenvalue weighted by atomic mass is 10.3. The molecule has 9 nitrogen and oxygen atoms in total. The first-order valence-electron chi connectivity index (χ1n) is 9.53. The van der Waals surface area contributed by atoms with E-state index in [0.717, 1.165) is 11.3 Å². The second-order valence-electron chi connectivity index (χ2n) is 6.43. The van der Waals surface area contributed by atoms with E-state index >= 15 is 0 Å². The molecule has 0 radical (unpaired) electrons. The number of hydrogen-bond donors (Lipinski definition) is 1. The van der Waals surface area contributed by atoms with Crippen LogP contribution in [-0.2, 0) is 19.6 Å². The molecule has 0 saturated carbocycles. The molecule has 1 N–H and O–H groups in total. The minimum Gasteiger partial charge on any atom is -0.484 e. The van der Waals surface area contributed by atoms with Gasteiger partial charge in [0.05, 0.1) is 12.3 Å². The van der Waals surface area contributed by atoms with Gasteiger partial charge in [0.15, 0.2) is 6.61 Å². The van der Waals surface area contributed by atoms with E-state index in [2.05, 4.69) is 10.3 Å². The van der Waals surface area contributed by atoms with Gasteiger partial charge in [-0.3, -0.25) is 9.10 Å². The lowest BCUT2D eigenvalue weighted by Crippen LogP contribution is -2.25. The summed E-state index contributed by atoms with van der Waals surface area (Å²) in [6.07, 6.45) is 1.56. The Kier molecular flexibility index (Phi) is 8.03. The third-order valence-electron chi connectivity index (χ3n) is 4.25. The van der Waals surface area contributed by atoms with E-state index in [1.165, 1.54) is 11.4 Å². The molecule has 0 bridgehead atoms. The highest BCUT2D eigenvalue weighted by molar-refractivity contribution is 7.94. The van der Waals surface area contributed by atoms with Gasteiger partial charge in [0, 0.05) is 20.4 Å². The molecular formula is C21H23N3O6S2. The zero-order valence-electron chi connectivity index (χ0n) is 17.6. The topological polar surface area (TPSA) is 107 Å². The molecule has 32 heavy (non-hydrogen) atoms. The summed E-state index contributed by atoms with van der Waals surface area (Å²) in [5, 5.41) is 4.41. The number of carbonyl (C=O) groups is 1. The Morgan fingerprint density at radius 1 is 1.09 bits per heavy atom. The SMILES string of the molecule is COCCOc1ncccc1NC(=O)COc1ccc(N(C)S(=O)(=O)c2cccs2)cc1. The van der Waals surface area contributed by atoms with Gasteiger partial charge in [-0.15, -0.1) is 11.3 Å². The molecule has 0 aliphatic rings. The van der Waals surface area contributed by atoms with E-state index in [0.29, 0.717) is 30.3 Å². The number of aromatic nitrogens is 1. The van der Waals surface area contributed by atoms with Crippen molar-refractivity contribution in [2.75, 3.05) is 43.6 Å². The van der Waals surface area contributed by atoms with Crippen molar-refractivity contribution >= 4 is 38.6 Å². The van der Waals surface area contributed by atoms with Gasteiger partial charge in [-0.25, -0.2) is 13.4 Å². The van der Waals surface area contributed by atoms with Crippen LogP contribution in [0.5, 0.6) is 11.6 Å². The van der Waals surface area contributed by atoms with Gasteiger partial charge in [0.2, 0.25) is 5.88 Å². The number of nitrogens with one attached hydrogen (secondary N) is 1. The highest BCUT2D eigenvalue weighted by Crippen LogP contribution is 2.26. The van der Waals surface area contributed by atoms with Crippen molar-refractivity contribution in [3.63, 3.8) is 0 Å². The number of anilines is 2. The molecule has 3 aromatic rings. The number of ether oxygens (including phenoxy) is 3. The second-order valence-corrected chi connectivity index (χ2v) is 9.58. The Morgan fingerprint density at radius 2 is 1.88 bits per heavy atom. The van der Waals surface area contributed by atoms with Gasteiger partial charge in [0.1, 0.15) is 22.3 Å².